The van der Waals surface area contributed by atoms with Crippen molar-refractivity contribution in [3.63, 3.8) is 0 Å². The summed E-state index contributed by atoms with van der Waals surface area (Å²) in [5.41, 5.74) is 0. The van der Waals surface area contributed by atoms with Crippen molar-refractivity contribution >= 4 is 5.97 Å². The van der Waals surface area contributed by atoms with E-state index in [0.717, 1.165) is 25.7 Å². The number of unbranched alkanes of at least 4 members (excludes halogenated alkanes) is 11. The summed E-state index contributed by atoms with van der Waals surface area (Å²) in [6.45, 7) is 4.44. The number of carbonyl (C=O) groups excluding carboxylic acids is 1. The Bertz CT molecular complexity index is 451. The molecule has 5 heteroatoms. The molecular weight excluding hydrogens is 380 g/mol. The second-order valence-corrected chi connectivity index (χ2v) is 8.85. The molecule has 2 N–H and O–H groups in total. The van der Waals surface area contributed by atoms with Crippen LogP contribution in [0.3, 0.4) is 0 Å². The molecule has 0 aromatic carbocycles. The van der Waals surface area contributed by atoms with E-state index < -0.39 is 18.3 Å². The molecular formula is C25H46O5. The van der Waals surface area contributed by atoms with Crippen LogP contribution in [0.15, 0.2) is 12.2 Å². The summed E-state index contributed by atoms with van der Waals surface area (Å²) >= 11 is 0. The summed E-state index contributed by atoms with van der Waals surface area (Å²) < 4.78 is 10.5. The van der Waals surface area contributed by atoms with Gasteiger partial charge in [0, 0.05) is 12.3 Å². The van der Waals surface area contributed by atoms with Crippen LogP contribution >= 0.6 is 0 Å². The molecule has 1 aliphatic rings. The van der Waals surface area contributed by atoms with E-state index in [1.54, 1.807) is 0 Å². The van der Waals surface area contributed by atoms with E-state index in [2.05, 4.69) is 19.1 Å². The van der Waals surface area contributed by atoms with Crippen molar-refractivity contribution in [2.75, 3.05) is 13.2 Å². The lowest BCUT2D eigenvalue weighted by Crippen LogP contribution is -2.39. The smallest absolute Gasteiger partial charge is 0.305 e. The van der Waals surface area contributed by atoms with Crippen LogP contribution in [0.4, 0.5) is 0 Å². The van der Waals surface area contributed by atoms with Gasteiger partial charge in [-0.3, -0.25) is 4.79 Å². The van der Waals surface area contributed by atoms with Crippen LogP contribution in [0.2, 0.25) is 0 Å². The zero-order valence-corrected chi connectivity index (χ0v) is 19.4. The quantitative estimate of drug-likeness (QED) is 0.176. The van der Waals surface area contributed by atoms with Gasteiger partial charge in [-0.25, -0.2) is 0 Å². The van der Waals surface area contributed by atoms with Gasteiger partial charge in [-0.15, -0.1) is 0 Å². The van der Waals surface area contributed by atoms with Crippen LogP contribution in [0.5, 0.6) is 0 Å². The van der Waals surface area contributed by atoms with Gasteiger partial charge in [0.15, 0.2) is 0 Å². The first-order valence-electron chi connectivity index (χ1n) is 12.3. The average molecular weight is 427 g/mol. The number of hydrogen-bond acceptors (Lipinski definition) is 5. The molecule has 4 atom stereocenters. The van der Waals surface area contributed by atoms with E-state index >= 15 is 0 Å². The molecule has 0 spiro atoms. The number of ether oxygens (including phenoxy) is 2. The molecule has 1 fully saturated rings. The maximum atomic E-state index is 11.8. The maximum Gasteiger partial charge on any atom is 0.305 e. The third-order valence-corrected chi connectivity index (χ3v) is 5.91. The van der Waals surface area contributed by atoms with Crippen molar-refractivity contribution in [2.45, 2.75) is 122 Å². The summed E-state index contributed by atoms with van der Waals surface area (Å²) in [6, 6.07) is 0. The summed E-state index contributed by atoms with van der Waals surface area (Å²) in [4.78, 5) is 11.8. The van der Waals surface area contributed by atoms with Gasteiger partial charge in [0.05, 0.1) is 12.7 Å². The Labute approximate surface area is 184 Å². The highest BCUT2D eigenvalue weighted by Crippen LogP contribution is 2.22. The van der Waals surface area contributed by atoms with Gasteiger partial charge in [-0.2, -0.15) is 0 Å². The van der Waals surface area contributed by atoms with Crippen LogP contribution in [-0.4, -0.2) is 47.7 Å². The number of carbonyl (C=O) groups is 1. The van der Waals surface area contributed by atoms with E-state index in [9.17, 15) is 15.0 Å². The first-order chi connectivity index (χ1) is 14.6. The van der Waals surface area contributed by atoms with Gasteiger partial charge in [0.25, 0.3) is 0 Å². The molecule has 1 heterocycles. The highest BCUT2D eigenvalue weighted by molar-refractivity contribution is 5.69. The van der Waals surface area contributed by atoms with Crippen LogP contribution < -0.4 is 0 Å². The fourth-order valence-electron chi connectivity index (χ4n) is 3.81. The van der Waals surface area contributed by atoms with Gasteiger partial charge in [0.2, 0.25) is 0 Å². The number of aliphatic hydroxyl groups excluding tert-OH is 2. The van der Waals surface area contributed by atoms with E-state index in [-0.39, 0.29) is 18.5 Å². The Morgan fingerprint density at radius 2 is 1.57 bits per heavy atom. The highest BCUT2D eigenvalue weighted by Gasteiger charge is 2.38. The minimum absolute atomic E-state index is 0.00355. The summed E-state index contributed by atoms with van der Waals surface area (Å²) in [5, 5.41) is 19.9. The summed E-state index contributed by atoms with van der Waals surface area (Å²) in [7, 11) is 0. The Hall–Kier alpha value is -0.910. The molecule has 0 saturated carbocycles. The van der Waals surface area contributed by atoms with Gasteiger partial charge in [-0.05, 0) is 32.1 Å². The number of allylic oxidation sites excluding steroid dienone is 2. The van der Waals surface area contributed by atoms with Crippen molar-refractivity contribution in [3.05, 3.63) is 12.2 Å². The minimum atomic E-state index is -0.969. The van der Waals surface area contributed by atoms with Crippen molar-refractivity contribution in [1.29, 1.82) is 0 Å². The molecule has 1 rings (SSSR count). The van der Waals surface area contributed by atoms with Gasteiger partial charge in [0.1, 0.15) is 18.8 Å². The van der Waals surface area contributed by atoms with Crippen LogP contribution in [0, 0.1) is 5.92 Å². The summed E-state index contributed by atoms with van der Waals surface area (Å²) in [6.07, 6.45) is 18.6. The van der Waals surface area contributed by atoms with Crippen LogP contribution in [0.25, 0.3) is 0 Å². The molecule has 5 nitrogen and oxygen atoms in total. The molecule has 0 amide bonds. The normalized spacial score (nSPS) is 22.6. The molecule has 0 aromatic heterocycles. The lowest BCUT2D eigenvalue weighted by molar-refractivity contribution is -0.151. The molecule has 1 unspecified atom stereocenters. The second kappa shape index (κ2) is 17.7. The SMILES string of the molecule is CCCCCCCC/C=C\CCCCCCCC(=O)OCC(O)[C@H]1OC[C@H](C)[C@H]1O. The van der Waals surface area contributed by atoms with E-state index in [1.165, 1.54) is 57.8 Å². The molecule has 0 radical (unpaired) electrons. The number of esters is 1. The Kier molecular flexibility index (Phi) is 16.0. The molecule has 0 aromatic rings. The fourth-order valence-corrected chi connectivity index (χ4v) is 3.81. The third-order valence-electron chi connectivity index (χ3n) is 5.91. The van der Waals surface area contributed by atoms with E-state index in [4.69, 9.17) is 9.47 Å². The molecule has 30 heavy (non-hydrogen) atoms. The topological polar surface area (TPSA) is 76.0 Å². The van der Waals surface area contributed by atoms with Crippen molar-refractivity contribution < 1.29 is 24.5 Å². The molecule has 1 aliphatic heterocycles. The largest absolute Gasteiger partial charge is 0.463 e. The third kappa shape index (κ3) is 12.7. The first kappa shape index (κ1) is 27.1. The second-order valence-electron chi connectivity index (χ2n) is 8.85. The average Bonchev–Trinajstić information content (AvgIpc) is 3.07. The molecule has 0 aliphatic carbocycles. The highest BCUT2D eigenvalue weighted by atomic mass is 16.6. The Balaban J connectivity index is 1.87. The molecule has 1 saturated heterocycles. The Morgan fingerprint density at radius 3 is 2.13 bits per heavy atom. The summed E-state index contributed by atoms with van der Waals surface area (Å²) in [5.74, 6) is -0.289. The monoisotopic (exact) mass is 426 g/mol. The van der Waals surface area contributed by atoms with Gasteiger partial charge >= 0.3 is 5.97 Å². The number of aliphatic hydroxyl groups is 2. The lowest BCUT2D eigenvalue weighted by Gasteiger charge is -2.21. The van der Waals surface area contributed by atoms with Crippen LogP contribution in [-0.2, 0) is 14.3 Å². The maximum absolute atomic E-state index is 11.8. The van der Waals surface area contributed by atoms with Gasteiger partial charge in [-0.1, -0.05) is 77.4 Å². The minimum Gasteiger partial charge on any atom is -0.463 e. The molecule has 0 bridgehead atoms. The molecule has 176 valence electrons. The predicted molar refractivity (Wildman–Crippen MR) is 121 cm³/mol. The number of hydrogen-bond donors (Lipinski definition) is 2. The Morgan fingerprint density at radius 1 is 1.00 bits per heavy atom. The number of rotatable bonds is 18. The van der Waals surface area contributed by atoms with Crippen molar-refractivity contribution in [1.82, 2.24) is 0 Å². The fraction of sp³-hybridized carbons (Fsp3) is 0.880. The first-order valence-corrected chi connectivity index (χ1v) is 12.3. The van der Waals surface area contributed by atoms with E-state index in [1.807, 2.05) is 6.92 Å². The van der Waals surface area contributed by atoms with Gasteiger partial charge < -0.3 is 19.7 Å². The zero-order chi connectivity index (χ0) is 22.0. The zero-order valence-electron chi connectivity index (χ0n) is 19.4. The predicted octanol–water partition coefficient (Wildman–Crippen LogP) is 5.32. The van der Waals surface area contributed by atoms with E-state index in [0.29, 0.717) is 13.0 Å². The lowest BCUT2D eigenvalue weighted by atomic mass is 10.0. The standard InChI is InChI=1S/C25H46O5/c1-3-4-5-6-7-8-9-10-11-12-13-14-15-16-17-18-23(27)29-20-22(26)25-24(28)21(2)19-30-25/h10-11,21-22,24-26,28H,3-9,12-20H2,1-2H3/b11-10-/t21-,22?,24+,25+/m0/s1. The van der Waals surface area contributed by atoms with Crippen molar-refractivity contribution in [2.24, 2.45) is 5.92 Å². The van der Waals surface area contributed by atoms with Crippen LogP contribution in [0.1, 0.15) is 104 Å². The van der Waals surface area contributed by atoms with Crippen molar-refractivity contribution in [3.8, 4) is 0 Å².